The Morgan fingerprint density at radius 1 is 1.15 bits per heavy atom. The number of hydrogen-bond acceptors (Lipinski definition) is 5. The lowest BCUT2D eigenvalue weighted by Gasteiger charge is -2.16. The Hall–Kier alpha value is -3.06. The summed E-state index contributed by atoms with van der Waals surface area (Å²) in [5.41, 5.74) is 6.43. The standard InChI is InChI=1S/C19H19ClN2O5/c1-11(23)27-14-6-4-13(5-7-14)19(25)22-16(18(21)24)10-12-3-8-17(26-2)15(20)9-12/h3-9,16H,10H2,1-2H3,(H2,21,24)(H,22,25)/t16-/m0/s1. The topological polar surface area (TPSA) is 108 Å². The smallest absolute Gasteiger partial charge is 0.308 e. The van der Waals surface area contributed by atoms with Crippen molar-refractivity contribution in [3.05, 3.63) is 58.6 Å². The van der Waals surface area contributed by atoms with Crippen LogP contribution in [0.1, 0.15) is 22.8 Å². The third-order valence-electron chi connectivity index (χ3n) is 3.68. The molecule has 2 amide bonds. The van der Waals surface area contributed by atoms with Crippen molar-refractivity contribution < 1.29 is 23.9 Å². The third kappa shape index (κ3) is 5.72. The number of rotatable bonds is 7. The first-order chi connectivity index (χ1) is 12.8. The summed E-state index contributed by atoms with van der Waals surface area (Å²) in [5.74, 6) is -0.787. The highest BCUT2D eigenvalue weighted by molar-refractivity contribution is 6.32. The van der Waals surface area contributed by atoms with Crippen molar-refractivity contribution in [2.45, 2.75) is 19.4 Å². The van der Waals surface area contributed by atoms with Crippen molar-refractivity contribution in [1.29, 1.82) is 0 Å². The van der Waals surface area contributed by atoms with Crippen LogP contribution in [0.3, 0.4) is 0 Å². The maximum absolute atomic E-state index is 12.4. The number of ether oxygens (including phenoxy) is 2. The average molecular weight is 391 g/mol. The van der Waals surface area contributed by atoms with Crippen LogP contribution in [0.2, 0.25) is 5.02 Å². The second kappa shape index (κ2) is 9.05. The van der Waals surface area contributed by atoms with Crippen molar-refractivity contribution in [3.8, 4) is 11.5 Å². The lowest BCUT2D eigenvalue weighted by Crippen LogP contribution is -2.45. The number of esters is 1. The first-order valence-corrected chi connectivity index (χ1v) is 8.39. The molecule has 1 atom stereocenters. The number of halogens is 1. The monoisotopic (exact) mass is 390 g/mol. The third-order valence-corrected chi connectivity index (χ3v) is 3.98. The molecule has 0 aromatic heterocycles. The zero-order valence-electron chi connectivity index (χ0n) is 14.8. The predicted octanol–water partition coefficient (Wildman–Crippen LogP) is 2.10. The quantitative estimate of drug-likeness (QED) is 0.556. The van der Waals surface area contributed by atoms with E-state index in [0.29, 0.717) is 22.1 Å². The van der Waals surface area contributed by atoms with E-state index in [2.05, 4.69) is 5.32 Å². The second-order valence-corrected chi connectivity index (χ2v) is 6.13. The average Bonchev–Trinajstić information content (AvgIpc) is 2.61. The fourth-order valence-corrected chi connectivity index (χ4v) is 2.66. The van der Waals surface area contributed by atoms with Gasteiger partial charge in [-0.2, -0.15) is 0 Å². The van der Waals surface area contributed by atoms with Gasteiger partial charge in [0.05, 0.1) is 12.1 Å². The van der Waals surface area contributed by atoms with Crippen LogP contribution in [0.4, 0.5) is 0 Å². The van der Waals surface area contributed by atoms with E-state index in [0.717, 1.165) is 5.56 Å². The van der Waals surface area contributed by atoms with Crippen LogP contribution in [-0.2, 0) is 16.0 Å². The van der Waals surface area contributed by atoms with E-state index in [9.17, 15) is 14.4 Å². The summed E-state index contributed by atoms with van der Waals surface area (Å²) < 4.78 is 9.99. The summed E-state index contributed by atoms with van der Waals surface area (Å²) in [6.07, 6.45) is 0.177. The molecule has 142 valence electrons. The number of hydrogen-bond donors (Lipinski definition) is 2. The summed E-state index contributed by atoms with van der Waals surface area (Å²) in [6.45, 7) is 1.28. The molecule has 8 heteroatoms. The molecule has 2 rings (SSSR count). The molecule has 0 aliphatic heterocycles. The van der Waals surface area contributed by atoms with E-state index in [1.807, 2.05) is 0 Å². The van der Waals surface area contributed by atoms with Crippen molar-refractivity contribution >= 4 is 29.4 Å². The molecule has 2 aromatic carbocycles. The van der Waals surface area contributed by atoms with Gasteiger partial charge in [0.1, 0.15) is 17.5 Å². The molecule has 3 N–H and O–H groups in total. The Labute approximate surface area is 161 Å². The molecule has 0 aliphatic carbocycles. The molecule has 0 unspecified atom stereocenters. The second-order valence-electron chi connectivity index (χ2n) is 5.72. The van der Waals surface area contributed by atoms with Gasteiger partial charge in [-0.05, 0) is 42.0 Å². The normalized spacial score (nSPS) is 11.4. The Morgan fingerprint density at radius 3 is 2.33 bits per heavy atom. The zero-order chi connectivity index (χ0) is 20.0. The van der Waals surface area contributed by atoms with E-state index < -0.39 is 23.8 Å². The molecule has 2 aromatic rings. The fraction of sp³-hybridized carbons (Fsp3) is 0.211. The van der Waals surface area contributed by atoms with E-state index in [1.54, 1.807) is 18.2 Å². The van der Waals surface area contributed by atoms with Crippen molar-refractivity contribution in [2.75, 3.05) is 7.11 Å². The SMILES string of the molecule is COc1ccc(C[C@H](NC(=O)c2ccc(OC(C)=O)cc2)C(N)=O)cc1Cl. The van der Waals surface area contributed by atoms with Crippen LogP contribution >= 0.6 is 11.6 Å². The Kier molecular flexibility index (Phi) is 6.79. The minimum Gasteiger partial charge on any atom is -0.495 e. The van der Waals surface area contributed by atoms with Gasteiger partial charge < -0.3 is 20.5 Å². The Balaban J connectivity index is 2.09. The molecule has 0 fully saturated rings. The Morgan fingerprint density at radius 2 is 1.81 bits per heavy atom. The van der Waals surface area contributed by atoms with Gasteiger partial charge in [0.25, 0.3) is 5.91 Å². The predicted molar refractivity (Wildman–Crippen MR) is 99.9 cm³/mol. The minimum atomic E-state index is -0.921. The van der Waals surface area contributed by atoms with Gasteiger partial charge in [-0.3, -0.25) is 14.4 Å². The summed E-state index contributed by atoms with van der Waals surface area (Å²) >= 11 is 6.08. The van der Waals surface area contributed by atoms with Crippen LogP contribution in [0.25, 0.3) is 0 Å². The fourth-order valence-electron chi connectivity index (χ4n) is 2.38. The van der Waals surface area contributed by atoms with Crippen molar-refractivity contribution in [3.63, 3.8) is 0 Å². The summed E-state index contributed by atoms with van der Waals surface area (Å²) in [6, 6.07) is 10.1. The van der Waals surface area contributed by atoms with Crippen LogP contribution in [0.15, 0.2) is 42.5 Å². The molecule has 0 saturated heterocycles. The van der Waals surface area contributed by atoms with Crippen molar-refractivity contribution in [1.82, 2.24) is 5.32 Å². The largest absolute Gasteiger partial charge is 0.495 e. The summed E-state index contributed by atoms with van der Waals surface area (Å²) in [5, 5.41) is 2.99. The molecule has 27 heavy (non-hydrogen) atoms. The lowest BCUT2D eigenvalue weighted by atomic mass is 10.0. The highest BCUT2D eigenvalue weighted by atomic mass is 35.5. The van der Waals surface area contributed by atoms with Gasteiger partial charge in [0, 0.05) is 18.9 Å². The number of carbonyl (C=O) groups excluding carboxylic acids is 3. The molecular weight excluding hydrogens is 372 g/mol. The summed E-state index contributed by atoms with van der Waals surface area (Å²) in [4.78, 5) is 35.0. The first-order valence-electron chi connectivity index (χ1n) is 8.01. The minimum absolute atomic E-state index is 0.177. The maximum atomic E-state index is 12.4. The number of nitrogens with two attached hydrogens (primary N) is 1. The van der Waals surface area contributed by atoms with Gasteiger partial charge in [-0.1, -0.05) is 17.7 Å². The molecular formula is C19H19ClN2O5. The van der Waals surface area contributed by atoms with E-state index >= 15 is 0 Å². The molecule has 0 heterocycles. The number of nitrogens with one attached hydrogen (secondary N) is 1. The van der Waals surface area contributed by atoms with Gasteiger partial charge >= 0.3 is 5.97 Å². The van der Waals surface area contributed by atoms with Crippen molar-refractivity contribution in [2.24, 2.45) is 5.73 Å². The highest BCUT2D eigenvalue weighted by Gasteiger charge is 2.20. The number of carbonyl (C=O) groups is 3. The summed E-state index contributed by atoms with van der Waals surface area (Å²) in [7, 11) is 1.50. The van der Waals surface area contributed by atoms with Gasteiger partial charge in [0.15, 0.2) is 0 Å². The van der Waals surface area contributed by atoms with Gasteiger partial charge in [-0.25, -0.2) is 0 Å². The van der Waals surface area contributed by atoms with E-state index in [1.165, 1.54) is 38.3 Å². The number of primary amides is 1. The highest BCUT2D eigenvalue weighted by Crippen LogP contribution is 2.25. The molecule has 7 nitrogen and oxygen atoms in total. The Bertz CT molecular complexity index is 852. The first kappa shape index (κ1) is 20.3. The number of benzene rings is 2. The molecule has 0 saturated carbocycles. The number of amides is 2. The molecule has 0 bridgehead atoms. The number of methoxy groups -OCH3 is 1. The van der Waals surface area contributed by atoms with Crippen LogP contribution in [0, 0.1) is 0 Å². The zero-order valence-corrected chi connectivity index (χ0v) is 15.6. The lowest BCUT2D eigenvalue weighted by molar-refractivity contribution is -0.131. The molecule has 0 spiro atoms. The van der Waals surface area contributed by atoms with Crippen LogP contribution in [-0.4, -0.2) is 30.9 Å². The van der Waals surface area contributed by atoms with E-state index in [4.69, 9.17) is 26.8 Å². The molecule has 0 radical (unpaired) electrons. The van der Waals surface area contributed by atoms with E-state index in [-0.39, 0.29) is 6.42 Å². The van der Waals surface area contributed by atoms with Crippen LogP contribution < -0.4 is 20.5 Å². The van der Waals surface area contributed by atoms with Gasteiger partial charge in [-0.15, -0.1) is 0 Å². The maximum Gasteiger partial charge on any atom is 0.308 e. The van der Waals surface area contributed by atoms with Crippen LogP contribution in [0.5, 0.6) is 11.5 Å². The van der Waals surface area contributed by atoms with Gasteiger partial charge in [0.2, 0.25) is 5.91 Å². The molecule has 0 aliphatic rings.